The standard InChI is InChI=1S/C10H13.Li/c1-7-6-8(2)10-5-3-4-9(7)10;/h7H,3-5H2,1-2H3;/q-1;+1. The van der Waals surface area contributed by atoms with Crippen LogP contribution in [0.1, 0.15) is 33.1 Å². The minimum Gasteiger partial charge on any atom is -0.266 e. The first-order valence-electron chi connectivity index (χ1n) is 4.11. The van der Waals surface area contributed by atoms with E-state index in [1.165, 1.54) is 24.8 Å². The Balaban J connectivity index is 0.000000605. The van der Waals surface area contributed by atoms with Crippen molar-refractivity contribution in [2.24, 2.45) is 5.92 Å². The van der Waals surface area contributed by atoms with E-state index in [0.29, 0.717) is 5.92 Å². The predicted octanol–water partition coefficient (Wildman–Crippen LogP) is -0.130. The smallest absolute Gasteiger partial charge is 0.266 e. The Hall–Kier alpha value is 0.0774. The Morgan fingerprint density at radius 2 is 2.09 bits per heavy atom. The zero-order valence-corrected chi connectivity index (χ0v) is 7.70. The van der Waals surface area contributed by atoms with Crippen LogP contribution in [0.15, 0.2) is 16.7 Å². The summed E-state index contributed by atoms with van der Waals surface area (Å²) in [5.74, 6) is 0.637. The van der Waals surface area contributed by atoms with Crippen LogP contribution < -0.4 is 18.9 Å². The molecule has 0 aliphatic heterocycles. The van der Waals surface area contributed by atoms with E-state index in [2.05, 4.69) is 19.9 Å². The first-order chi connectivity index (χ1) is 4.79. The van der Waals surface area contributed by atoms with Gasteiger partial charge in [0.2, 0.25) is 0 Å². The second kappa shape index (κ2) is 3.21. The van der Waals surface area contributed by atoms with Gasteiger partial charge < -0.3 is 0 Å². The minimum atomic E-state index is 0. The molecule has 1 unspecified atom stereocenters. The molecule has 0 aromatic rings. The summed E-state index contributed by atoms with van der Waals surface area (Å²) in [7, 11) is 0. The Bertz CT molecular complexity index is 223. The van der Waals surface area contributed by atoms with Gasteiger partial charge in [-0.15, -0.1) is 0 Å². The molecule has 0 fully saturated rings. The summed E-state index contributed by atoms with van der Waals surface area (Å²) in [6.45, 7) is 4.46. The summed E-state index contributed by atoms with van der Waals surface area (Å²) >= 11 is 0. The van der Waals surface area contributed by atoms with Gasteiger partial charge in [0.15, 0.2) is 0 Å². The van der Waals surface area contributed by atoms with Crippen molar-refractivity contribution in [2.75, 3.05) is 0 Å². The van der Waals surface area contributed by atoms with Crippen molar-refractivity contribution in [3.05, 3.63) is 22.8 Å². The third-order valence-corrected chi connectivity index (χ3v) is 2.67. The van der Waals surface area contributed by atoms with Gasteiger partial charge in [-0.2, -0.15) is 11.1 Å². The second-order valence-electron chi connectivity index (χ2n) is 3.35. The zero-order chi connectivity index (χ0) is 7.14. The average molecular weight is 140 g/mol. The normalized spacial score (nSPS) is 28.2. The van der Waals surface area contributed by atoms with Crippen LogP contribution in [-0.2, 0) is 0 Å². The Labute approximate surface area is 80.9 Å². The largest absolute Gasteiger partial charge is 1.00 e. The van der Waals surface area contributed by atoms with Crippen LogP contribution >= 0.6 is 0 Å². The van der Waals surface area contributed by atoms with E-state index in [1.807, 2.05) is 0 Å². The summed E-state index contributed by atoms with van der Waals surface area (Å²) in [5.41, 5.74) is 4.74. The minimum absolute atomic E-state index is 0. The molecule has 2 rings (SSSR count). The number of allylic oxidation sites excluding steroid dienone is 4. The van der Waals surface area contributed by atoms with Gasteiger partial charge in [0.05, 0.1) is 0 Å². The van der Waals surface area contributed by atoms with Crippen LogP contribution in [-0.4, -0.2) is 0 Å². The van der Waals surface area contributed by atoms with Crippen molar-refractivity contribution in [3.8, 4) is 0 Å². The maximum atomic E-state index is 3.46. The molecule has 0 aromatic carbocycles. The van der Waals surface area contributed by atoms with E-state index in [9.17, 15) is 0 Å². The first kappa shape index (κ1) is 9.17. The quantitative estimate of drug-likeness (QED) is 0.325. The maximum Gasteiger partial charge on any atom is 1.00 e. The van der Waals surface area contributed by atoms with Gasteiger partial charge in [-0.3, -0.25) is 6.08 Å². The molecule has 54 valence electrons. The maximum absolute atomic E-state index is 3.46. The van der Waals surface area contributed by atoms with Crippen molar-refractivity contribution >= 4 is 0 Å². The predicted molar refractivity (Wildman–Crippen MR) is 42.5 cm³/mol. The molecule has 0 nitrogen and oxygen atoms in total. The van der Waals surface area contributed by atoms with Crippen LogP contribution in [0, 0.1) is 12.0 Å². The summed E-state index contributed by atoms with van der Waals surface area (Å²) < 4.78 is 0. The fourth-order valence-corrected chi connectivity index (χ4v) is 2.17. The van der Waals surface area contributed by atoms with Crippen molar-refractivity contribution in [1.29, 1.82) is 0 Å². The van der Waals surface area contributed by atoms with Crippen LogP contribution in [0.25, 0.3) is 0 Å². The monoisotopic (exact) mass is 140 g/mol. The zero-order valence-electron chi connectivity index (χ0n) is 7.70. The van der Waals surface area contributed by atoms with Crippen LogP contribution in [0.5, 0.6) is 0 Å². The third-order valence-electron chi connectivity index (χ3n) is 2.67. The molecule has 1 heteroatoms. The Morgan fingerprint density at radius 1 is 1.36 bits per heavy atom. The number of hydrogen-bond donors (Lipinski definition) is 0. The van der Waals surface area contributed by atoms with E-state index < -0.39 is 0 Å². The van der Waals surface area contributed by atoms with Crippen LogP contribution in [0.3, 0.4) is 0 Å². The number of rotatable bonds is 0. The molecule has 11 heavy (non-hydrogen) atoms. The molecule has 0 saturated heterocycles. The average Bonchev–Trinajstić information content (AvgIpc) is 2.39. The van der Waals surface area contributed by atoms with Crippen molar-refractivity contribution < 1.29 is 18.9 Å². The van der Waals surface area contributed by atoms with Gasteiger partial charge in [-0.05, 0) is 0 Å². The molecule has 1 atom stereocenters. The SMILES string of the molecule is CC1=[C-]C(C)C2=C1CCC2.[Li+]. The molecular weight excluding hydrogens is 127 g/mol. The fourth-order valence-electron chi connectivity index (χ4n) is 2.17. The van der Waals surface area contributed by atoms with Gasteiger partial charge in [-0.1, -0.05) is 39.0 Å². The molecule has 0 radical (unpaired) electrons. The first-order valence-corrected chi connectivity index (χ1v) is 4.11. The molecule has 0 heterocycles. The summed E-state index contributed by atoms with van der Waals surface area (Å²) in [6.07, 6.45) is 7.50. The van der Waals surface area contributed by atoms with Crippen LogP contribution in [0.4, 0.5) is 0 Å². The van der Waals surface area contributed by atoms with Gasteiger partial charge in [0.1, 0.15) is 0 Å². The summed E-state index contributed by atoms with van der Waals surface area (Å²) in [6, 6.07) is 0. The van der Waals surface area contributed by atoms with E-state index in [4.69, 9.17) is 0 Å². The molecular formula is C10H13Li. The van der Waals surface area contributed by atoms with Crippen molar-refractivity contribution in [3.63, 3.8) is 0 Å². The van der Waals surface area contributed by atoms with Gasteiger partial charge in [-0.25, -0.2) is 5.57 Å². The molecule has 0 bridgehead atoms. The van der Waals surface area contributed by atoms with E-state index in [0.717, 1.165) is 0 Å². The van der Waals surface area contributed by atoms with Crippen molar-refractivity contribution in [1.82, 2.24) is 0 Å². The molecule has 2 aliphatic carbocycles. The fraction of sp³-hybridized carbons (Fsp3) is 0.600. The molecule has 2 aliphatic rings. The van der Waals surface area contributed by atoms with Gasteiger partial charge in [0, 0.05) is 0 Å². The summed E-state index contributed by atoms with van der Waals surface area (Å²) in [5, 5.41) is 0. The number of hydrogen-bond acceptors (Lipinski definition) is 0. The Morgan fingerprint density at radius 3 is 2.73 bits per heavy atom. The molecule has 0 aromatic heterocycles. The van der Waals surface area contributed by atoms with Crippen molar-refractivity contribution in [2.45, 2.75) is 33.1 Å². The molecule has 0 spiro atoms. The summed E-state index contributed by atoms with van der Waals surface area (Å²) in [4.78, 5) is 0. The molecule has 0 saturated carbocycles. The third kappa shape index (κ3) is 1.35. The van der Waals surface area contributed by atoms with Crippen LogP contribution in [0.2, 0.25) is 0 Å². The van der Waals surface area contributed by atoms with Gasteiger partial charge >= 0.3 is 18.9 Å². The topological polar surface area (TPSA) is 0 Å². The second-order valence-corrected chi connectivity index (χ2v) is 3.35. The molecule has 0 amide bonds. The Kier molecular flexibility index (Phi) is 2.68. The van der Waals surface area contributed by atoms with Gasteiger partial charge in [0.25, 0.3) is 0 Å². The van der Waals surface area contributed by atoms with E-state index >= 15 is 0 Å². The van der Waals surface area contributed by atoms with E-state index in [-0.39, 0.29) is 18.9 Å². The molecule has 0 N–H and O–H groups in total. The van der Waals surface area contributed by atoms with E-state index in [1.54, 1.807) is 11.1 Å².